The summed E-state index contributed by atoms with van der Waals surface area (Å²) in [5.74, 6) is 1.92. The summed E-state index contributed by atoms with van der Waals surface area (Å²) in [5.41, 5.74) is 2.36. The molecule has 0 aliphatic heterocycles. The van der Waals surface area contributed by atoms with Crippen molar-refractivity contribution < 1.29 is 4.42 Å². The third-order valence-corrected chi connectivity index (χ3v) is 3.85. The summed E-state index contributed by atoms with van der Waals surface area (Å²) in [4.78, 5) is 0. The van der Waals surface area contributed by atoms with Crippen molar-refractivity contribution in [3.05, 3.63) is 46.1 Å². The van der Waals surface area contributed by atoms with Crippen LogP contribution in [0.2, 0.25) is 0 Å². The van der Waals surface area contributed by atoms with Crippen LogP contribution in [0.15, 0.2) is 39.2 Å². The van der Waals surface area contributed by atoms with Crippen LogP contribution in [-0.2, 0) is 6.54 Å². The standard InChI is InChI=1S/C16H20BrNO/c1-4-12(3)18-10-14-6-8-16(19-14)15-7-5-13(17)9-11(15)2/h5-9,12,18H,4,10H2,1-3H3/t12-/m0/s1. The molecule has 0 radical (unpaired) electrons. The van der Waals surface area contributed by atoms with Gasteiger partial charge in [-0.05, 0) is 56.2 Å². The zero-order valence-electron chi connectivity index (χ0n) is 11.7. The molecule has 1 N–H and O–H groups in total. The van der Waals surface area contributed by atoms with Crippen LogP contribution >= 0.6 is 15.9 Å². The molecule has 1 aromatic heterocycles. The van der Waals surface area contributed by atoms with E-state index in [0.717, 1.165) is 34.5 Å². The average molecular weight is 322 g/mol. The van der Waals surface area contributed by atoms with Gasteiger partial charge < -0.3 is 9.73 Å². The fourth-order valence-electron chi connectivity index (χ4n) is 1.94. The van der Waals surface area contributed by atoms with Crippen molar-refractivity contribution in [2.24, 2.45) is 0 Å². The van der Waals surface area contributed by atoms with Crippen LogP contribution in [0.3, 0.4) is 0 Å². The van der Waals surface area contributed by atoms with Crippen LogP contribution in [0.25, 0.3) is 11.3 Å². The zero-order chi connectivity index (χ0) is 13.8. The molecular formula is C16H20BrNO. The van der Waals surface area contributed by atoms with Crippen molar-refractivity contribution in [3.63, 3.8) is 0 Å². The minimum Gasteiger partial charge on any atom is -0.460 e. The Balaban J connectivity index is 2.12. The Morgan fingerprint density at radius 3 is 2.74 bits per heavy atom. The van der Waals surface area contributed by atoms with Gasteiger partial charge in [-0.25, -0.2) is 0 Å². The molecule has 1 aromatic carbocycles. The van der Waals surface area contributed by atoms with Crippen LogP contribution in [0.1, 0.15) is 31.6 Å². The lowest BCUT2D eigenvalue weighted by Crippen LogP contribution is -2.24. The summed E-state index contributed by atoms with van der Waals surface area (Å²) in [7, 11) is 0. The maximum Gasteiger partial charge on any atom is 0.134 e. The van der Waals surface area contributed by atoms with E-state index < -0.39 is 0 Å². The Labute approximate surface area is 123 Å². The second kappa shape index (κ2) is 6.40. The molecule has 3 heteroatoms. The topological polar surface area (TPSA) is 25.2 Å². The lowest BCUT2D eigenvalue weighted by molar-refractivity contribution is 0.456. The predicted molar refractivity (Wildman–Crippen MR) is 83.2 cm³/mol. The highest BCUT2D eigenvalue weighted by atomic mass is 79.9. The Bertz CT molecular complexity index is 547. The molecule has 0 saturated heterocycles. The van der Waals surface area contributed by atoms with Gasteiger partial charge in [0.2, 0.25) is 0 Å². The highest BCUT2D eigenvalue weighted by Gasteiger charge is 2.08. The summed E-state index contributed by atoms with van der Waals surface area (Å²) in [6.45, 7) is 7.24. The Morgan fingerprint density at radius 2 is 2.05 bits per heavy atom. The highest BCUT2D eigenvalue weighted by molar-refractivity contribution is 9.10. The first-order chi connectivity index (χ1) is 9.10. The van der Waals surface area contributed by atoms with Gasteiger partial charge in [0.25, 0.3) is 0 Å². The molecule has 0 fully saturated rings. The van der Waals surface area contributed by atoms with Crippen molar-refractivity contribution in [1.82, 2.24) is 5.32 Å². The maximum atomic E-state index is 5.91. The molecule has 0 saturated carbocycles. The monoisotopic (exact) mass is 321 g/mol. The smallest absolute Gasteiger partial charge is 0.134 e. The first-order valence-electron chi connectivity index (χ1n) is 6.68. The highest BCUT2D eigenvalue weighted by Crippen LogP contribution is 2.27. The van der Waals surface area contributed by atoms with Gasteiger partial charge in [0.15, 0.2) is 0 Å². The number of benzene rings is 1. The molecule has 0 aliphatic carbocycles. The first-order valence-corrected chi connectivity index (χ1v) is 7.48. The second-order valence-electron chi connectivity index (χ2n) is 4.92. The lowest BCUT2D eigenvalue weighted by atomic mass is 10.1. The second-order valence-corrected chi connectivity index (χ2v) is 5.83. The summed E-state index contributed by atoms with van der Waals surface area (Å²) >= 11 is 3.48. The minimum atomic E-state index is 0.517. The molecule has 19 heavy (non-hydrogen) atoms. The third-order valence-electron chi connectivity index (χ3n) is 3.35. The van der Waals surface area contributed by atoms with Crippen molar-refractivity contribution in [2.45, 2.75) is 39.8 Å². The summed E-state index contributed by atoms with van der Waals surface area (Å²) in [6, 6.07) is 10.8. The van der Waals surface area contributed by atoms with Crippen LogP contribution in [0.4, 0.5) is 0 Å². The van der Waals surface area contributed by atoms with E-state index in [1.807, 2.05) is 18.2 Å². The molecular weight excluding hydrogens is 302 g/mol. The van der Waals surface area contributed by atoms with E-state index in [9.17, 15) is 0 Å². The Morgan fingerprint density at radius 1 is 1.26 bits per heavy atom. The first kappa shape index (κ1) is 14.4. The van der Waals surface area contributed by atoms with Crippen LogP contribution < -0.4 is 5.32 Å². The quantitative estimate of drug-likeness (QED) is 0.846. The van der Waals surface area contributed by atoms with Crippen LogP contribution in [0.5, 0.6) is 0 Å². The average Bonchev–Trinajstić information content (AvgIpc) is 2.84. The number of aryl methyl sites for hydroxylation is 1. The van der Waals surface area contributed by atoms with E-state index in [1.54, 1.807) is 0 Å². The van der Waals surface area contributed by atoms with E-state index in [-0.39, 0.29) is 0 Å². The van der Waals surface area contributed by atoms with Gasteiger partial charge in [-0.1, -0.05) is 22.9 Å². The Hall–Kier alpha value is -1.06. The van der Waals surface area contributed by atoms with E-state index in [0.29, 0.717) is 6.04 Å². The molecule has 0 bridgehead atoms. The lowest BCUT2D eigenvalue weighted by Gasteiger charge is -2.09. The number of hydrogen-bond donors (Lipinski definition) is 1. The van der Waals surface area contributed by atoms with Crippen molar-refractivity contribution in [3.8, 4) is 11.3 Å². The van der Waals surface area contributed by atoms with Crippen molar-refractivity contribution >= 4 is 15.9 Å². The van der Waals surface area contributed by atoms with Crippen LogP contribution in [0, 0.1) is 6.92 Å². The van der Waals surface area contributed by atoms with Crippen LogP contribution in [-0.4, -0.2) is 6.04 Å². The summed E-state index contributed by atoms with van der Waals surface area (Å²) < 4.78 is 7.00. The minimum absolute atomic E-state index is 0.517. The largest absolute Gasteiger partial charge is 0.460 e. The maximum absolute atomic E-state index is 5.91. The molecule has 0 spiro atoms. The molecule has 1 atom stereocenters. The van der Waals surface area contributed by atoms with Gasteiger partial charge in [-0.15, -0.1) is 0 Å². The van der Waals surface area contributed by atoms with Gasteiger partial charge in [-0.3, -0.25) is 0 Å². The van der Waals surface area contributed by atoms with E-state index >= 15 is 0 Å². The molecule has 2 aromatic rings. The zero-order valence-corrected chi connectivity index (χ0v) is 13.3. The fraction of sp³-hybridized carbons (Fsp3) is 0.375. The number of rotatable bonds is 5. The molecule has 0 aliphatic rings. The van der Waals surface area contributed by atoms with E-state index in [2.05, 4.69) is 54.2 Å². The van der Waals surface area contributed by atoms with Gasteiger partial charge in [-0.2, -0.15) is 0 Å². The number of furan rings is 1. The van der Waals surface area contributed by atoms with Gasteiger partial charge in [0.1, 0.15) is 11.5 Å². The molecule has 0 amide bonds. The van der Waals surface area contributed by atoms with E-state index in [4.69, 9.17) is 4.42 Å². The molecule has 2 nitrogen and oxygen atoms in total. The van der Waals surface area contributed by atoms with Gasteiger partial charge in [0, 0.05) is 16.1 Å². The predicted octanol–water partition coefficient (Wildman–Crippen LogP) is 4.91. The summed E-state index contributed by atoms with van der Waals surface area (Å²) in [5, 5.41) is 3.44. The SMILES string of the molecule is CC[C@H](C)NCc1ccc(-c2ccc(Br)cc2C)o1. The Kier molecular flexibility index (Phi) is 4.83. The van der Waals surface area contributed by atoms with Crippen molar-refractivity contribution in [1.29, 1.82) is 0 Å². The molecule has 102 valence electrons. The number of hydrogen-bond acceptors (Lipinski definition) is 2. The third kappa shape index (κ3) is 3.71. The number of halogens is 1. The summed E-state index contributed by atoms with van der Waals surface area (Å²) in [6.07, 6.45) is 1.12. The van der Waals surface area contributed by atoms with E-state index in [1.165, 1.54) is 5.56 Å². The van der Waals surface area contributed by atoms with Gasteiger partial charge in [0.05, 0.1) is 6.54 Å². The number of nitrogens with one attached hydrogen (secondary N) is 1. The normalized spacial score (nSPS) is 12.6. The van der Waals surface area contributed by atoms with Crippen molar-refractivity contribution in [2.75, 3.05) is 0 Å². The molecule has 1 heterocycles. The molecule has 0 unspecified atom stereocenters. The van der Waals surface area contributed by atoms with Gasteiger partial charge >= 0.3 is 0 Å². The fourth-order valence-corrected chi connectivity index (χ4v) is 2.42. The molecule has 2 rings (SSSR count).